The average Bonchev–Trinajstić information content (AvgIpc) is 2.83. The standard InChI is InChI=1S/C11H19N3/c1-2-5-14-8-10(7-13-14)11(12)6-9-3-4-9/h7-9,11H,2-6,12H2,1H3. The van der Waals surface area contributed by atoms with Crippen molar-refractivity contribution in [2.45, 2.75) is 45.2 Å². The van der Waals surface area contributed by atoms with Crippen LogP contribution in [0.15, 0.2) is 12.4 Å². The van der Waals surface area contributed by atoms with E-state index in [4.69, 9.17) is 5.73 Å². The van der Waals surface area contributed by atoms with Gasteiger partial charge in [0.1, 0.15) is 0 Å². The second kappa shape index (κ2) is 4.13. The van der Waals surface area contributed by atoms with Crippen molar-refractivity contribution in [2.24, 2.45) is 11.7 Å². The zero-order valence-electron chi connectivity index (χ0n) is 8.82. The van der Waals surface area contributed by atoms with Gasteiger partial charge in [-0.1, -0.05) is 19.8 Å². The van der Waals surface area contributed by atoms with Gasteiger partial charge in [-0.05, 0) is 18.8 Å². The predicted octanol–water partition coefficient (Wildman–Crippen LogP) is 2.09. The Hall–Kier alpha value is -0.830. The summed E-state index contributed by atoms with van der Waals surface area (Å²) < 4.78 is 1.99. The lowest BCUT2D eigenvalue weighted by atomic mass is 10.1. The fourth-order valence-electron chi connectivity index (χ4n) is 1.77. The number of hydrogen-bond acceptors (Lipinski definition) is 2. The third-order valence-corrected chi connectivity index (χ3v) is 2.82. The van der Waals surface area contributed by atoms with Crippen molar-refractivity contribution >= 4 is 0 Å². The molecule has 1 aliphatic carbocycles. The van der Waals surface area contributed by atoms with Crippen molar-refractivity contribution in [2.75, 3.05) is 0 Å². The molecule has 0 amide bonds. The molecule has 1 fully saturated rings. The van der Waals surface area contributed by atoms with Crippen LogP contribution in [0.3, 0.4) is 0 Å². The van der Waals surface area contributed by atoms with Gasteiger partial charge in [-0.15, -0.1) is 0 Å². The number of rotatable bonds is 5. The summed E-state index contributed by atoms with van der Waals surface area (Å²) in [7, 11) is 0. The molecule has 1 heterocycles. The molecule has 0 aromatic carbocycles. The molecule has 2 N–H and O–H groups in total. The first-order chi connectivity index (χ1) is 6.79. The number of nitrogens with two attached hydrogens (primary N) is 1. The SMILES string of the molecule is CCCn1cc(C(N)CC2CC2)cn1. The van der Waals surface area contributed by atoms with Crippen LogP contribution in [0, 0.1) is 5.92 Å². The van der Waals surface area contributed by atoms with E-state index in [-0.39, 0.29) is 6.04 Å². The molecule has 78 valence electrons. The molecule has 1 aromatic heterocycles. The van der Waals surface area contributed by atoms with E-state index < -0.39 is 0 Å². The first-order valence-corrected chi connectivity index (χ1v) is 5.57. The van der Waals surface area contributed by atoms with Gasteiger partial charge >= 0.3 is 0 Å². The molecular formula is C11H19N3. The average molecular weight is 193 g/mol. The van der Waals surface area contributed by atoms with E-state index in [0.29, 0.717) is 0 Å². The first kappa shape index (κ1) is 9.71. The summed E-state index contributed by atoms with van der Waals surface area (Å²) in [6.45, 7) is 3.15. The van der Waals surface area contributed by atoms with Crippen LogP contribution in [0.4, 0.5) is 0 Å². The number of aromatic nitrogens is 2. The molecule has 1 atom stereocenters. The van der Waals surface area contributed by atoms with Gasteiger partial charge in [-0.3, -0.25) is 4.68 Å². The highest BCUT2D eigenvalue weighted by Crippen LogP contribution is 2.36. The number of nitrogens with zero attached hydrogens (tertiary/aromatic N) is 2. The van der Waals surface area contributed by atoms with E-state index in [9.17, 15) is 0 Å². The van der Waals surface area contributed by atoms with Crippen LogP contribution < -0.4 is 5.73 Å². The lowest BCUT2D eigenvalue weighted by Gasteiger charge is -2.07. The second-order valence-corrected chi connectivity index (χ2v) is 4.32. The predicted molar refractivity (Wildman–Crippen MR) is 56.8 cm³/mol. The molecule has 3 heteroatoms. The highest BCUT2D eigenvalue weighted by Gasteiger charge is 2.24. The van der Waals surface area contributed by atoms with Crippen LogP contribution in [0.2, 0.25) is 0 Å². The molecule has 2 rings (SSSR count). The molecular weight excluding hydrogens is 174 g/mol. The Morgan fingerprint density at radius 2 is 2.43 bits per heavy atom. The summed E-state index contributed by atoms with van der Waals surface area (Å²) in [6, 6.07) is 0.202. The number of aryl methyl sites for hydroxylation is 1. The van der Waals surface area contributed by atoms with Gasteiger partial charge in [0.2, 0.25) is 0 Å². The van der Waals surface area contributed by atoms with E-state index in [1.165, 1.54) is 18.4 Å². The van der Waals surface area contributed by atoms with E-state index in [2.05, 4.69) is 18.2 Å². The van der Waals surface area contributed by atoms with Crippen LogP contribution in [-0.4, -0.2) is 9.78 Å². The van der Waals surface area contributed by atoms with E-state index in [1.54, 1.807) is 0 Å². The molecule has 3 nitrogen and oxygen atoms in total. The molecule has 1 unspecified atom stereocenters. The minimum atomic E-state index is 0.202. The van der Waals surface area contributed by atoms with Crippen molar-refractivity contribution in [1.29, 1.82) is 0 Å². The molecule has 0 bridgehead atoms. The Labute approximate surface area is 85.3 Å². The van der Waals surface area contributed by atoms with Crippen LogP contribution >= 0.6 is 0 Å². The van der Waals surface area contributed by atoms with Gasteiger partial charge in [0.25, 0.3) is 0 Å². The van der Waals surface area contributed by atoms with E-state index >= 15 is 0 Å². The normalized spacial score (nSPS) is 18.4. The molecule has 14 heavy (non-hydrogen) atoms. The quantitative estimate of drug-likeness (QED) is 0.778. The Morgan fingerprint density at radius 3 is 3.07 bits per heavy atom. The minimum absolute atomic E-state index is 0.202. The summed E-state index contributed by atoms with van der Waals surface area (Å²) in [4.78, 5) is 0. The minimum Gasteiger partial charge on any atom is -0.324 e. The summed E-state index contributed by atoms with van der Waals surface area (Å²) >= 11 is 0. The third-order valence-electron chi connectivity index (χ3n) is 2.82. The second-order valence-electron chi connectivity index (χ2n) is 4.32. The van der Waals surface area contributed by atoms with E-state index in [0.717, 1.165) is 25.3 Å². The smallest absolute Gasteiger partial charge is 0.0537 e. The Kier molecular flexibility index (Phi) is 2.87. The largest absolute Gasteiger partial charge is 0.324 e. The topological polar surface area (TPSA) is 43.8 Å². The summed E-state index contributed by atoms with van der Waals surface area (Å²) in [5, 5.41) is 4.29. The molecule has 0 aliphatic heterocycles. The van der Waals surface area contributed by atoms with E-state index in [1.807, 2.05) is 10.9 Å². The maximum absolute atomic E-state index is 6.09. The first-order valence-electron chi connectivity index (χ1n) is 5.57. The number of hydrogen-bond donors (Lipinski definition) is 1. The molecule has 0 radical (unpaired) electrons. The van der Waals surface area contributed by atoms with Gasteiger partial charge in [0, 0.05) is 24.3 Å². The van der Waals surface area contributed by atoms with Gasteiger partial charge < -0.3 is 5.73 Å². The van der Waals surface area contributed by atoms with Crippen molar-refractivity contribution in [3.05, 3.63) is 18.0 Å². The Morgan fingerprint density at radius 1 is 1.64 bits per heavy atom. The van der Waals surface area contributed by atoms with Gasteiger partial charge in [0.05, 0.1) is 6.20 Å². The third kappa shape index (κ3) is 2.35. The lowest BCUT2D eigenvalue weighted by molar-refractivity contribution is 0.586. The monoisotopic (exact) mass is 193 g/mol. The lowest BCUT2D eigenvalue weighted by Crippen LogP contribution is -2.10. The van der Waals surface area contributed by atoms with Gasteiger partial charge in [-0.25, -0.2) is 0 Å². The van der Waals surface area contributed by atoms with Crippen molar-refractivity contribution < 1.29 is 0 Å². The van der Waals surface area contributed by atoms with Gasteiger partial charge in [0.15, 0.2) is 0 Å². The molecule has 1 aliphatic rings. The highest BCUT2D eigenvalue weighted by atomic mass is 15.3. The molecule has 1 aromatic rings. The van der Waals surface area contributed by atoms with Crippen LogP contribution in [-0.2, 0) is 6.54 Å². The zero-order chi connectivity index (χ0) is 9.97. The highest BCUT2D eigenvalue weighted by molar-refractivity contribution is 5.10. The summed E-state index contributed by atoms with van der Waals surface area (Å²) in [6.07, 6.45) is 9.02. The van der Waals surface area contributed by atoms with Crippen molar-refractivity contribution in [1.82, 2.24) is 9.78 Å². The Bertz CT molecular complexity index is 288. The summed E-state index contributed by atoms with van der Waals surface area (Å²) in [5.41, 5.74) is 7.29. The maximum Gasteiger partial charge on any atom is 0.0537 e. The fourth-order valence-corrected chi connectivity index (χ4v) is 1.77. The molecule has 0 spiro atoms. The Balaban J connectivity index is 1.92. The summed E-state index contributed by atoms with van der Waals surface area (Å²) in [5.74, 6) is 0.888. The molecule has 0 saturated heterocycles. The van der Waals surface area contributed by atoms with Crippen molar-refractivity contribution in [3.63, 3.8) is 0 Å². The maximum atomic E-state index is 6.09. The van der Waals surface area contributed by atoms with Gasteiger partial charge in [-0.2, -0.15) is 5.10 Å². The fraction of sp³-hybridized carbons (Fsp3) is 0.727. The molecule has 1 saturated carbocycles. The zero-order valence-corrected chi connectivity index (χ0v) is 8.82. The van der Waals surface area contributed by atoms with Crippen LogP contribution in [0.5, 0.6) is 0 Å². The van der Waals surface area contributed by atoms with Crippen LogP contribution in [0.25, 0.3) is 0 Å². The van der Waals surface area contributed by atoms with Crippen LogP contribution in [0.1, 0.15) is 44.2 Å². The van der Waals surface area contributed by atoms with Crippen molar-refractivity contribution in [3.8, 4) is 0 Å².